The molecule has 2 aromatic heterocycles. The molecule has 1 N–H and O–H groups in total. The number of halogens is 2. The van der Waals surface area contributed by atoms with Gasteiger partial charge in [-0.25, -0.2) is 18.7 Å². The van der Waals surface area contributed by atoms with Gasteiger partial charge in [-0.2, -0.15) is 0 Å². The number of pyridine rings is 1. The van der Waals surface area contributed by atoms with Gasteiger partial charge in [-0.1, -0.05) is 37.3 Å². The predicted molar refractivity (Wildman–Crippen MR) is 140 cm³/mol. The van der Waals surface area contributed by atoms with Crippen LogP contribution < -0.4 is 10.1 Å². The summed E-state index contributed by atoms with van der Waals surface area (Å²) in [6, 6.07) is 12.9. The third-order valence-corrected chi connectivity index (χ3v) is 6.39. The minimum absolute atomic E-state index is 0.0892. The van der Waals surface area contributed by atoms with Crippen molar-refractivity contribution in [1.82, 2.24) is 19.4 Å². The number of anilines is 1. The van der Waals surface area contributed by atoms with Crippen LogP contribution in [0.15, 0.2) is 48.7 Å². The number of nitrogens with zero attached hydrogens (tertiary/aromatic N) is 4. The van der Waals surface area contributed by atoms with E-state index in [2.05, 4.69) is 15.3 Å². The number of hydrogen-bond acceptors (Lipinski definition) is 5. The summed E-state index contributed by atoms with van der Waals surface area (Å²) >= 11 is 0. The maximum absolute atomic E-state index is 14.0. The first-order valence-electron chi connectivity index (χ1n) is 12.8. The van der Waals surface area contributed by atoms with E-state index < -0.39 is 11.8 Å². The van der Waals surface area contributed by atoms with Crippen molar-refractivity contribution in [2.45, 2.75) is 59.0 Å². The molecule has 0 bridgehead atoms. The molecule has 0 aliphatic heterocycles. The molecule has 202 valence electrons. The molecule has 1 aliphatic rings. The zero-order valence-electron chi connectivity index (χ0n) is 22.1. The van der Waals surface area contributed by atoms with Gasteiger partial charge in [0.05, 0.1) is 18.1 Å². The number of nitrogens with one attached hydrogen (secondary N) is 1. The fourth-order valence-corrected chi connectivity index (χ4v) is 4.33. The summed E-state index contributed by atoms with van der Waals surface area (Å²) in [7, 11) is 0. The van der Waals surface area contributed by atoms with Gasteiger partial charge in [0.25, 0.3) is 11.8 Å². The molecule has 1 atom stereocenters. The highest BCUT2D eigenvalue weighted by atomic mass is 19.3. The van der Waals surface area contributed by atoms with Crippen molar-refractivity contribution in [2.75, 3.05) is 18.5 Å². The lowest BCUT2D eigenvalue weighted by molar-refractivity contribution is -0.114. The first-order valence-corrected chi connectivity index (χ1v) is 12.8. The SMILES string of the molecule is CCCN(C(=O)c1c(NC(C)=O)nc(-c2cccnc2OC[C@@H]2CC2(F)F)n1Cc1ccccc1)C(C)C. The Labute approximate surface area is 221 Å². The molecule has 0 radical (unpaired) electrons. The lowest BCUT2D eigenvalue weighted by Crippen LogP contribution is -2.39. The first kappa shape index (κ1) is 27.2. The number of ether oxygens (including phenoxy) is 1. The molecule has 1 aromatic carbocycles. The van der Waals surface area contributed by atoms with E-state index >= 15 is 0 Å². The van der Waals surface area contributed by atoms with Crippen LogP contribution in [0.4, 0.5) is 14.6 Å². The van der Waals surface area contributed by atoms with Crippen molar-refractivity contribution in [2.24, 2.45) is 5.92 Å². The summed E-state index contributed by atoms with van der Waals surface area (Å²) in [6.07, 6.45) is 2.05. The molecular formula is C28H33F2N5O3. The molecule has 2 heterocycles. The number of alkyl halides is 2. The number of imidazole rings is 1. The summed E-state index contributed by atoms with van der Waals surface area (Å²) < 4.78 is 34.5. The molecule has 0 saturated heterocycles. The van der Waals surface area contributed by atoms with Crippen molar-refractivity contribution >= 4 is 17.6 Å². The van der Waals surface area contributed by atoms with Crippen molar-refractivity contribution in [3.63, 3.8) is 0 Å². The highest BCUT2D eigenvalue weighted by Crippen LogP contribution is 2.48. The van der Waals surface area contributed by atoms with Gasteiger partial charge in [0.15, 0.2) is 11.5 Å². The number of hydrogen-bond donors (Lipinski definition) is 1. The molecule has 1 saturated carbocycles. The molecule has 8 nitrogen and oxygen atoms in total. The summed E-state index contributed by atoms with van der Waals surface area (Å²) in [5, 5.41) is 2.72. The molecule has 4 rings (SSSR count). The van der Waals surface area contributed by atoms with E-state index in [1.165, 1.54) is 13.1 Å². The predicted octanol–water partition coefficient (Wildman–Crippen LogP) is 5.25. The fraction of sp³-hybridized carbons (Fsp3) is 0.429. The van der Waals surface area contributed by atoms with E-state index in [4.69, 9.17) is 4.74 Å². The summed E-state index contributed by atoms with van der Waals surface area (Å²) in [4.78, 5) is 36.9. The van der Waals surface area contributed by atoms with E-state index in [-0.39, 0.29) is 54.8 Å². The average molecular weight is 526 g/mol. The second-order valence-corrected chi connectivity index (χ2v) is 9.81. The van der Waals surface area contributed by atoms with E-state index in [1.54, 1.807) is 21.6 Å². The average Bonchev–Trinajstić information content (AvgIpc) is 3.35. The topological polar surface area (TPSA) is 89.3 Å². The van der Waals surface area contributed by atoms with Gasteiger partial charge in [-0.15, -0.1) is 0 Å². The lowest BCUT2D eigenvalue weighted by atomic mass is 10.2. The first-order chi connectivity index (χ1) is 18.1. The summed E-state index contributed by atoms with van der Waals surface area (Å²) in [6.45, 7) is 7.84. The van der Waals surface area contributed by atoms with E-state index in [1.807, 2.05) is 51.1 Å². The highest BCUT2D eigenvalue weighted by Gasteiger charge is 2.57. The quantitative estimate of drug-likeness (QED) is 0.370. The Balaban J connectivity index is 1.86. The maximum atomic E-state index is 14.0. The van der Waals surface area contributed by atoms with E-state index in [0.29, 0.717) is 17.9 Å². The van der Waals surface area contributed by atoms with Crippen molar-refractivity contribution in [1.29, 1.82) is 0 Å². The molecule has 0 unspecified atom stereocenters. The Morgan fingerprint density at radius 1 is 1.21 bits per heavy atom. The molecule has 0 spiro atoms. The number of aromatic nitrogens is 3. The number of rotatable bonds is 11. The largest absolute Gasteiger partial charge is 0.477 e. The minimum atomic E-state index is -2.72. The van der Waals surface area contributed by atoms with Crippen LogP contribution in [0.1, 0.15) is 56.6 Å². The Kier molecular flexibility index (Phi) is 8.08. The molecule has 2 amide bonds. The van der Waals surface area contributed by atoms with Gasteiger partial charge in [-0.05, 0) is 38.0 Å². The van der Waals surface area contributed by atoms with Crippen LogP contribution in [0.2, 0.25) is 0 Å². The highest BCUT2D eigenvalue weighted by molar-refractivity contribution is 6.02. The van der Waals surface area contributed by atoms with Crippen LogP contribution in [0.3, 0.4) is 0 Å². The van der Waals surface area contributed by atoms with Crippen LogP contribution in [-0.4, -0.2) is 56.4 Å². The Morgan fingerprint density at radius 3 is 2.53 bits per heavy atom. The zero-order valence-corrected chi connectivity index (χ0v) is 22.1. The molecule has 38 heavy (non-hydrogen) atoms. The zero-order chi connectivity index (χ0) is 27.4. The smallest absolute Gasteiger partial charge is 0.274 e. The van der Waals surface area contributed by atoms with Gasteiger partial charge in [0, 0.05) is 38.7 Å². The number of amides is 2. The van der Waals surface area contributed by atoms with Crippen LogP contribution >= 0.6 is 0 Å². The summed E-state index contributed by atoms with van der Waals surface area (Å²) in [5.41, 5.74) is 1.57. The number of benzene rings is 1. The normalized spacial score (nSPS) is 15.8. The van der Waals surface area contributed by atoms with Gasteiger partial charge < -0.3 is 19.5 Å². The lowest BCUT2D eigenvalue weighted by Gasteiger charge is -2.27. The maximum Gasteiger partial charge on any atom is 0.274 e. The van der Waals surface area contributed by atoms with Crippen molar-refractivity contribution in [3.05, 3.63) is 59.9 Å². The Bertz CT molecular complexity index is 1290. The number of carbonyl (C=O) groups is 2. The Morgan fingerprint density at radius 2 is 1.92 bits per heavy atom. The summed E-state index contributed by atoms with van der Waals surface area (Å²) in [5.74, 6) is -3.63. The molecule has 1 aliphatic carbocycles. The fourth-order valence-electron chi connectivity index (χ4n) is 4.33. The number of carbonyl (C=O) groups excluding carboxylic acids is 2. The van der Waals surface area contributed by atoms with Crippen LogP contribution in [0.25, 0.3) is 11.4 Å². The second kappa shape index (κ2) is 11.3. The third kappa shape index (κ3) is 6.00. The van der Waals surface area contributed by atoms with Crippen LogP contribution in [-0.2, 0) is 11.3 Å². The molecule has 10 heteroatoms. The van der Waals surface area contributed by atoms with Crippen molar-refractivity contribution < 1.29 is 23.1 Å². The third-order valence-electron chi connectivity index (χ3n) is 6.39. The van der Waals surface area contributed by atoms with Gasteiger partial charge in [-0.3, -0.25) is 9.59 Å². The second-order valence-electron chi connectivity index (χ2n) is 9.81. The van der Waals surface area contributed by atoms with Crippen LogP contribution in [0.5, 0.6) is 5.88 Å². The van der Waals surface area contributed by atoms with Crippen molar-refractivity contribution in [3.8, 4) is 17.3 Å². The molecular weight excluding hydrogens is 492 g/mol. The van der Waals surface area contributed by atoms with E-state index in [0.717, 1.165) is 12.0 Å². The van der Waals surface area contributed by atoms with E-state index in [9.17, 15) is 18.4 Å². The van der Waals surface area contributed by atoms with Gasteiger partial charge in [0.2, 0.25) is 11.8 Å². The monoisotopic (exact) mass is 525 g/mol. The van der Waals surface area contributed by atoms with Gasteiger partial charge in [0.1, 0.15) is 5.82 Å². The minimum Gasteiger partial charge on any atom is -0.477 e. The van der Waals surface area contributed by atoms with Gasteiger partial charge >= 0.3 is 0 Å². The van der Waals surface area contributed by atoms with Crippen LogP contribution in [0, 0.1) is 5.92 Å². The Hall–Kier alpha value is -3.82. The molecule has 1 fully saturated rings. The molecule has 3 aromatic rings. The standard InChI is InChI=1S/C28H33F2N5O3/c1-5-14-34(18(2)3)27(37)23-24(32-19(4)36)33-25(35(23)16-20-10-7-6-8-11-20)22-12-9-13-31-26(22)38-17-21-15-28(21,29)30/h6-13,18,21H,5,14-17H2,1-4H3,(H,32,36)/t21-/m0/s1.